The fourth-order valence-corrected chi connectivity index (χ4v) is 4.76. The molecule has 0 saturated heterocycles. The van der Waals surface area contributed by atoms with Gasteiger partial charge < -0.3 is 10.3 Å². The quantitative estimate of drug-likeness (QED) is 0.930. The first kappa shape index (κ1) is 13.1. The van der Waals surface area contributed by atoms with E-state index in [0.29, 0.717) is 11.7 Å². The number of anilines is 1. The number of rotatable bonds is 3. The molecule has 0 spiro atoms. The van der Waals surface area contributed by atoms with Crippen molar-refractivity contribution in [3.05, 3.63) is 22.1 Å². The standard InChI is InChI=1S/C14H18N2OS2/c1-8(2)5-10-13(17-16-14(10)15)12-6-9-7-18-4-3-11(9)19-12/h6,8H,3-5,7H2,1-2H3,(H2,15,16). The number of nitrogens with two attached hydrogens (primary N) is 1. The Morgan fingerprint density at radius 3 is 3.05 bits per heavy atom. The van der Waals surface area contributed by atoms with Gasteiger partial charge in [0.25, 0.3) is 0 Å². The zero-order valence-electron chi connectivity index (χ0n) is 11.2. The van der Waals surface area contributed by atoms with Gasteiger partial charge in [0.15, 0.2) is 11.6 Å². The average molecular weight is 294 g/mol. The maximum absolute atomic E-state index is 5.94. The van der Waals surface area contributed by atoms with Crippen LogP contribution in [0.15, 0.2) is 10.6 Å². The second kappa shape index (κ2) is 5.21. The number of thioether (sulfide) groups is 1. The molecule has 2 aromatic rings. The van der Waals surface area contributed by atoms with Gasteiger partial charge in [-0.2, -0.15) is 11.8 Å². The minimum absolute atomic E-state index is 0.546. The van der Waals surface area contributed by atoms with Crippen molar-refractivity contribution in [3.8, 4) is 10.6 Å². The van der Waals surface area contributed by atoms with Gasteiger partial charge >= 0.3 is 0 Å². The van der Waals surface area contributed by atoms with E-state index in [4.69, 9.17) is 10.3 Å². The molecule has 0 fully saturated rings. The van der Waals surface area contributed by atoms with Gasteiger partial charge in [0.05, 0.1) is 4.88 Å². The van der Waals surface area contributed by atoms with E-state index in [-0.39, 0.29) is 0 Å². The van der Waals surface area contributed by atoms with Crippen LogP contribution >= 0.6 is 23.1 Å². The van der Waals surface area contributed by atoms with Gasteiger partial charge in [-0.1, -0.05) is 19.0 Å². The summed E-state index contributed by atoms with van der Waals surface area (Å²) >= 11 is 3.84. The van der Waals surface area contributed by atoms with Gasteiger partial charge in [-0.05, 0) is 36.1 Å². The number of nitrogen functional groups attached to an aromatic ring is 1. The summed E-state index contributed by atoms with van der Waals surface area (Å²) in [6.07, 6.45) is 2.09. The lowest BCUT2D eigenvalue weighted by Crippen LogP contribution is -1.98. The Bertz CT molecular complexity index is 563. The zero-order valence-corrected chi connectivity index (χ0v) is 12.9. The number of thiophene rings is 1. The molecule has 2 aromatic heterocycles. The summed E-state index contributed by atoms with van der Waals surface area (Å²) in [6, 6.07) is 2.26. The molecule has 5 heteroatoms. The lowest BCUT2D eigenvalue weighted by Gasteiger charge is -2.08. The van der Waals surface area contributed by atoms with Crippen LogP contribution < -0.4 is 5.73 Å². The molecule has 0 radical (unpaired) electrons. The summed E-state index contributed by atoms with van der Waals surface area (Å²) < 4.78 is 5.49. The molecular weight excluding hydrogens is 276 g/mol. The van der Waals surface area contributed by atoms with E-state index in [0.717, 1.165) is 23.5 Å². The highest BCUT2D eigenvalue weighted by Crippen LogP contribution is 2.39. The van der Waals surface area contributed by atoms with Crippen LogP contribution in [0.1, 0.15) is 29.9 Å². The van der Waals surface area contributed by atoms with Gasteiger partial charge in [-0.15, -0.1) is 11.3 Å². The first-order chi connectivity index (χ1) is 9.15. The van der Waals surface area contributed by atoms with Crippen molar-refractivity contribution in [1.29, 1.82) is 0 Å². The molecule has 0 unspecified atom stereocenters. The monoisotopic (exact) mass is 294 g/mol. The van der Waals surface area contributed by atoms with Gasteiger partial charge in [0, 0.05) is 16.2 Å². The van der Waals surface area contributed by atoms with Crippen LogP contribution in [0.3, 0.4) is 0 Å². The normalized spacial score (nSPS) is 14.9. The number of aryl methyl sites for hydroxylation is 1. The zero-order chi connectivity index (χ0) is 13.4. The van der Waals surface area contributed by atoms with E-state index in [1.165, 1.54) is 27.5 Å². The average Bonchev–Trinajstić information content (AvgIpc) is 2.93. The molecule has 2 N–H and O–H groups in total. The molecule has 102 valence electrons. The second-order valence-corrected chi connectivity index (χ2v) is 7.58. The number of hydrogen-bond acceptors (Lipinski definition) is 5. The van der Waals surface area contributed by atoms with Crippen molar-refractivity contribution in [2.45, 2.75) is 32.4 Å². The molecule has 0 saturated carbocycles. The fraction of sp³-hybridized carbons (Fsp3) is 0.500. The smallest absolute Gasteiger partial charge is 0.182 e. The van der Waals surface area contributed by atoms with E-state index in [1.807, 2.05) is 23.1 Å². The third-order valence-electron chi connectivity index (χ3n) is 3.28. The molecule has 3 nitrogen and oxygen atoms in total. The maximum Gasteiger partial charge on any atom is 0.182 e. The Balaban J connectivity index is 1.99. The van der Waals surface area contributed by atoms with Crippen LogP contribution in [0.5, 0.6) is 0 Å². The Kier molecular flexibility index (Phi) is 3.58. The van der Waals surface area contributed by atoms with Gasteiger partial charge in [0.2, 0.25) is 0 Å². The summed E-state index contributed by atoms with van der Waals surface area (Å²) in [6.45, 7) is 4.37. The third kappa shape index (κ3) is 2.54. The van der Waals surface area contributed by atoms with Crippen LogP contribution in [0.25, 0.3) is 10.6 Å². The fourth-order valence-electron chi connectivity index (χ4n) is 2.38. The van der Waals surface area contributed by atoms with E-state index in [2.05, 4.69) is 25.1 Å². The van der Waals surface area contributed by atoms with Gasteiger partial charge in [-0.3, -0.25) is 0 Å². The highest BCUT2D eigenvalue weighted by Gasteiger charge is 2.21. The molecule has 0 aliphatic carbocycles. The summed E-state index contributed by atoms with van der Waals surface area (Å²) in [7, 11) is 0. The van der Waals surface area contributed by atoms with E-state index in [9.17, 15) is 0 Å². The molecule has 0 bridgehead atoms. The number of aromatic nitrogens is 1. The van der Waals surface area contributed by atoms with Crippen LogP contribution in [0.2, 0.25) is 0 Å². The summed E-state index contributed by atoms with van der Waals surface area (Å²) in [5.74, 6) is 4.32. The van der Waals surface area contributed by atoms with E-state index < -0.39 is 0 Å². The minimum Gasteiger partial charge on any atom is -0.381 e. The maximum atomic E-state index is 5.94. The second-order valence-electron chi connectivity index (χ2n) is 5.34. The highest BCUT2D eigenvalue weighted by molar-refractivity contribution is 7.98. The lowest BCUT2D eigenvalue weighted by molar-refractivity contribution is 0.435. The molecule has 1 aliphatic rings. The van der Waals surface area contributed by atoms with Crippen molar-refractivity contribution < 1.29 is 4.52 Å². The summed E-state index contributed by atoms with van der Waals surface area (Å²) in [5, 5.41) is 3.96. The number of fused-ring (bicyclic) bond motifs is 1. The summed E-state index contributed by atoms with van der Waals surface area (Å²) in [4.78, 5) is 2.69. The van der Waals surface area contributed by atoms with Crippen molar-refractivity contribution in [3.63, 3.8) is 0 Å². The van der Waals surface area contributed by atoms with Gasteiger partial charge in [0.1, 0.15) is 0 Å². The number of hydrogen-bond donors (Lipinski definition) is 1. The van der Waals surface area contributed by atoms with E-state index >= 15 is 0 Å². The predicted octanol–water partition coefficient (Wildman–Crippen LogP) is 3.97. The molecular formula is C14H18N2OS2. The van der Waals surface area contributed by atoms with Crippen molar-refractivity contribution in [1.82, 2.24) is 5.16 Å². The Morgan fingerprint density at radius 1 is 1.47 bits per heavy atom. The third-order valence-corrected chi connectivity index (χ3v) is 5.53. The van der Waals surface area contributed by atoms with Crippen molar-refractivity contribution in [2.24, 2.45) is 5.92 Å². The predicted molar refractivity (Wildman–Crippen MR) is 82.6 cm³/mol. The lowest BCUT2D eigenvalue weighted by atomic mass is 10.0. The van der Waals surface area contributed by atoms with Crippen LogP contribution in [0, 0.1) is 5.92 Å². The molecule has 19 heavy (non-hydrogen) atoms. The van der Waals surface area contributed by atoms with Crippen molar-refractivity contribution >= 4 is 28.9 Å². The molecule has 1 aliphatic heterocycles. The Morgan fingerprint density at radius 2 is 2.32 bits per heavy atom. The first-order valence-electron chi connectivity index (χ1n) is 6.59. The van der Waals surface area contributed by atoms with Crippen LogP contribution in [-0.4, -0.2) is 10.9 Å². The van der Waals surface area contributed by atoms with Crippen LogP contribution in [-0.2, 0) is 18.6 Å². The van der Waals surface area contributed by atoms with E-state index in [1.54, 1.807) is 0 Å². The molecule has 3 heterocycles. The number of nitrogens with zero attached hydrogens (tertiary/aromatic N) is 1. The molecule has 0 aromatic carbocycles. The van der Waals surface area contributed by atoms with Crippen molar-refractivity contribution in [2.75, 3.05) is 11.5 Å². The molecule has 0 atom stereocenters. The highest BCUT2D eigenvalue weighted by atomic mass is 32.2. The SMILES string of the molecule is CC(C)Cc1c(N)noc1-c1cc2c(s1)CCSC2. The van der Waals surface area contributed by atoms with Crippen LogP contribution in [0.4, 0.5) is 5.82 Å². The summed E-state index contributed by atoms with van der Waals surface area (Å²) in [5.41, 5.74) is 8.48. The topological polar surface area (TPSA) is 52.0 Å². The minimum atomic E-state index is 0.546. The molecule has 3 rings (SSSR count). The largest absolute Gasteiger partial charge is 0.381 e. The first-order valence-corrected chi connectivity index (χ1v) is 8.56. The Hall–Kier alpha value is -0.940. The Labute approximate surface area is 121 Å². The molecule has 0 amide bonds. The van der Waals surface area contributed by atoms with Gasteiger partial charge in [-0.25, -0.2) is 0 Å².